The number of ether oxygens (including phenoxy) is 1. The highest BCUT2D eigenvalue weighted by Gasteiger charge is 2.24. The standard InChI is InChI=1S/C21H34N4O2.HI/c1-21(2,3)18(27-5)14-24-20(22-4)23-13-16-8-10-17(11-9-16)15-25-12-6-7-19(25)26;/h8-11,18H,6-7,12-15H2,1-5H3,(H2,22,23,24);1H. The van der Waals surface area contributed by atoms with E-state index in [1.54, 1.807) is 14.2 Å². The second-order valence-corrected chi connectivity index (χ2v) is 8.13. The van der Waals surface area contributed by atoms with Crippen molar-refractivity contribution in [2.45, 2.75) is 52.8 Å². The van der Waals surface area contributed by atoms with Gasteiger partial charge in [-0.2, -0.15) is 0 Å². The molecule has 1 saturated heterocycles. The van der Waals surface area contributed by atoms with Gasteiger partial charge in [-0.15, -0.1) is 24.0 Å². The molecular formula is C21H35IN4O2. The van der Waals surface area contributed by atoms with Gasteiger partial charge in [-0.25, -0.2) is 0 Å². The van der Waals surface area contributed by atoms with Crippen LogP contribution in [-0.4, -0.2) is 50.1 Å². The number of hydrogen-bond donors (Lipinski definition) is 2. The average molecular weight is 502 g/mol. The highest BCUT2D eigenvalue weighted by Crippen LogP contribution is 2.21. The van der Waals surface area contributed by atoms with Crippen LogP contribution in [0.2, 0.25) is 0 Å². The molecule has 1 unspecified atom stereocenters. The fourth-order valence-electron chi connectivity index (χ4n) is 3.19. The molecule has 7 heteroatoms. The number of amides is 1. The Balaban J connectivity index is 0.00000392. The Kier molecular flexibility index (Phi) is 10.2. The summed E-state index contributed by atoms with van der Waals surface area (Å²) in [5, 5.41) is 6.67. The van der Waals surface area contributed by atoms with Crippen molar-refractivity contribution in [2.75, 3.05) is 27.2 Å². The van der Waals surface area contributed by atoms with Crippen molar-refractivity contribution in [3.63, 3.8) is 0 Å². The number of hydrogen-bond acceptors (Lipinski definition) is 3. The Hall–Kier alpha value is -1.35. The number of halogens is 1. The molecule has 1 heterocycles. The number of guanidine groups is 1. The molecule has 1 aliphatic rings. The lowest BCUT2D eigenvalue weighted by molar-refractivity contribution is -0.128. The lowest BCUT2D eigenvalue weighted by atomic mass is 9.89. The number of methoxy groups -OCH3 is 1. The topological polar surface area (TPSA) is 66.0 Å². The number of carbonyl (C=O) groups excluding carboxylic acids is 1. The van der Waals surface area contributed by atoms with Gasteiger partial charge in [0.2, 0.25) is 5.91 Å². The Morgan fingerprint density at radius 2 is 1.86 bits per heavy atom. The van der Waals surface area contributed by atoms with Crippen molar-refractivity contribution >= 4 is 35.8 Å². The lowest BCUT2D eigenvalue weighted by Gasteiger charge is -2.30. The first kappa shape index (κ1) is 24.7. The van der Waals surface area contributed by atoms with E-state index >= 15 is 0 Å². The predicted octanol–water partition coefficient (Wildman–Crippen LogP) is 3.15. The van der Waals surface area contributed by atoms with E-state index in [1.807, 2.05) is 4.90 Å². The largest absolute Gasteiger partial charge is 0.379 e. The minimum Gasteiger partial charge on any atom is -0.379 e. The van der Waals surface area contributed by atoms with Gasteiger partial charge in [-0.1, -0.05) is 45.0 Å². The lowest BCUT2D eigenvalue weighted by Crippen LogP contribution is -2.45. The zero-order chi connectivity index (χ0) is 19.9. The molecule has 1 amide bonds. The third-order valence-corrected chi connectivity index (χ3v) is 4.96. The molecule has 0 aromatic heterocycles. The second kappa shape index (κ2) is 11.6. The molecule has 28 heavy (non-hydrogen) atoms. The number of rotatable bonds is 7. The third-order valence-electron chi connectivity index (χ3n) is 4.96. The van der Waals surface area contributed by atoms with Gasteiger partial charge in [0.15, 0.2) is 5.96 Å². The van der Waals surface area contributed by atoms with Crippen molar-refractivity contribution < 1.29 is 9.53 Å². The number of nitrogens with one attached hydrogen (secondary N) is 2. The van der Waals surface area contributed by atoms with E-state index in [-0.39, 0.29) is 41.4 Å². The second-order valence-electron chi connectivity index (χ2n) is 8.13. The molecular weight excluding hydrogens is 467 g/mol. The van der Waals surface area contributed by atoms with Gasteiger partial charge in [-0.3, -0.25) is 9.79 Å². The van der Waals surface area contributed by atoms with Gasteiger partial charge in [0.25, 0.3) is 0 Å². The van der Waals surface area contributed by atoms with Crippen LogP contribution in [0.5, 0.6) is 0 Å². The molecule has 6 nitrogen and oxygen atoms in total. The molecule has 2 rings (SSSR count). The van der Waals surface area contributed by atoms with Crippen LogP contribution in [0, 0.1) is 5.41 Å². The summed E-state index contributed by atoms with van der Waals surface area (Å²) < 4.78 is 5.57. The summed E-state index contributed by atoms with van der Waals surface area (Å²) in [4.78, 5) is 17.9. The molecule has 0 radical (unpaired) electrons. The maximum Gasteiger partial charge on any atom is 0.222 e. The summed E-state index contributed by atoms with van der Waals surface area (Å²) >= 11 is 0. The zero-order valence-electron chi connectivity index (χ0n) is 17.7. The van der Waals surface area contributed by atoms with Crippen LogP contribution in [0.1, 0.15) is 44.7 Å². The van der Waals surface area contributed by atoms with Crippen LogP contribution in [0.15, 0.2) is 29.3 Å². The maximum absolute atomic E-state index is 11.7. The minimum absolute atomic E-state index is 0. The summed E-state index contributed by atoms with van der Waals surface area (Å²) in [6.45, 7) is 9.46. The number of likely N-dealkylation sites (tertiary alicyclic amines) is 1. The third kappa shape index (κ3) is 7.58. The van der Waals surface area contributed by atoms with Gasteiger partial charge >= 0.3 is 0 Å². The zero-order valence-corrected chi connectivity index (χ0v) is 20.1. The maximum atomic E-state index is 11.7. The highest BCUT2D eigenvalue weighted by molar-refractivity contribution is 14.0. The van der Waals surface area contributed by atoms with E-state index in [9.17, 15) is 4.79 Å². The number of nitrogens with zero attached hydrogens (tertiary/aromatic N) is 2. The van der Waals surface area contributed by atoms with Crippen LogP contribution in [0.3, 0.4) is 0 Å². The molecule has 1 aromatic carbocycles. The normalized spacial score (nSPS) is 16.0. The molecule has 0 bridgehead atoms. The van der Waals surface area contributed by atoms with E-state index in [4.69, 9.17) is 4.74 Å². The number of aliphatic imine (C=N–C) groups is 1. The molecule has 1 aromatic rings. The number of benzene rings is 1. The highest BCUT2D eigenvalue weighted by atomic mass is 127. The van der Waals surface area contributed by atoms with Crippen molar-refractivity contribution in [3.8, 4) is 0 Å². The van der Waals surface area contributed by atoms with Crippen LogP contribution in [-0.2, 0) is 22.6 Å². The Morgan fingerprint density at radius 3 is 2.36 bits per heavy atom. The van der Waals surface area contributed by atoms with Crippen LogP contribution in [0.25, 0.3) is 0 Å². The van der Waals surface area contributed by atoms with Gasteiger partial charge in [0.05, 0.1) is 6.10 Å². The minimum atomic E-state index is 0. The fourth-order valence-corrected chi connectivity index (χ4v) is 3.19. The monoisotopic (exact) mass is 502 g/mol. The van der Waals surface area contributed by atoms with Gasteiger partial charge in [0.1, 0.15) is 0 Å². The first-order valence-corrected chi connectivity index (χ1v) is 9.66. The molecule has 1 atom stereocenters. The van der Waals surface area contributed by atoms with Gasteiger partial charge in [-0.05, 0) is 23.0 Å². The van der Waals surface area contributed by atoms with Crippen LogP contribution < -0.4 is 10.6 Å². The molecule has 158 valence electrons. The summed E-state index contributed by atoms with van der Waals surface area (Å²) in [5.41, 5.74) is 2.41. The number of carbonyl (C=O) groups is 1. The molecule has 0 aliphatic carbocycles. The molecule has 0 saturated carbocycles. The van der Waals surface area contributed by atoms with Crippen molar-refractivity contribution in [1.29, 1.82) is 0 Å². The molecule has 1 aliphatic heterocycles. The first-order chi connectivity index (χ1) is 12.8. The van der Waals surface area contributed by atoms with E-state index in [2.05, 4.69) is 60.7 Å². The summed E-state index contributed by atoms with van der Waals surface area (Å²) in [7, 11) is 3.51. The molecule has 2 N–H and O–H groups in total. The van der Waals surface area contributed by atoms with E-state index < -0.39 is 0 Å². The summed E-state index contributed by atoms with van der Waals surface area (Å²) in [6.07, 6.45) is 1.77. The Morgan fingerprint density at radius 1 is 1.21 bits per heavy atom. The first-order valence-electron chi connectivity index (χ1n) is 9.66. The van der Waals surface area contributed by atoms with Gasteiger partial charge in [0, 0.05) is 46.8 Å². The van der Waals surface area contributed by atoms with Crippen molar-refractivity contribution in [1.82, 2.24) is 15.5 Å². The van der Waals surface area contributed by atoms with Crippen molar-refractivity contribution in [3.05, 3.63) is 35.4 Å². The predicted molar refractivity (Wildman–Crippen MR) is 125 cm³/mol. The van der Waals surface area contributed by atoms with Crippen LogP contribution in [0.4, 0.5) is 0 Å². The van der Waals surface area contributed by atoms with Crippen LogP contribution >= 0.6 is 24.0 Å². The van der Waals surface area contributed by atoms with Gasteiger partial charge < -0.3 is 20.3 Å². The average Bonchev–Trinajstić information content (AvgIpc) is 3.03. The summed E-state index contributed by atoms with van der Waals surface area (Å²) in [6, 6.07) is 8.39. The Bertz CT molecular complexity index is 641. The fraction of sp³-hybridized carbons (Fsp3) is 0.619. The molecule has 0 spiro atoms. The van der Waals surface area contributed by atoms with E-state index in [0.717, 1.165) is 18.9 Å². The quantitative estimate of drug-likeness (QED) is 0.342. The SMILES string of the molecule is CN=C(NCc1ccc(CN2CCCC2=O)cc1)NCC(OC)C(C)(C)C.I. The molecule has 1 fully saturated rings. The Labute approximate surface area is 186 Å². The van der Waals surface area contributed by atoms with E-state index in [1.165, 1.54) is 11.1 Å². The van der Waals surface area contributed by atoms with Crippen molar-refractivity contribution in [2.24, 2.45) is 10.4 Å². The van der Waals surface area contributed by atoms with E-state index in [0.29, 0.717) is 26.1 Å². The smallest absolute Gasteiger partial charge is 0.222 e. The summed E-state index contributed by atoms with van der Waals surface area (Å²) in [5.74, 6) is 1.02.